The number of amides is 2. The number of ether oxygens (including phenoxy) is 1. The molecule has 9 nitrogen and oxygen atoms in total. The van der Waals surface area contributed by atoms with Crippen molar-refractivity contribution in [3.05, 3.63) is 71.0 Å². The van der Waals surface area contributed by atoms with Crippen molar-refractivity contribution < 1.29 is 32.1 Å². The summed E-state index contributed by atoms with van der Waals surface area (Å²) in [5.41, 5.74) is 1.06. The highest BCUT2D eigenvalue weighted by molar-refractivity contribution is 7.84. The molecule has 148 valence electrons. The highest BCUT2D eigenvalue weighted by atomic mass is 32.2. The van der Waals surface area contributed by atoms with Crippen LogP contribution in [0, 0.1) is 0 Å². The summed E-state index contributed by atoms with van der Waals surface area (Å²) < 4.78 is 36.5. The van der Waals surface area contributed by atoms with Crippen molar-refractivity contribution >= 4 is 28.1 Å². The zero-order chi connectivity index (χ0) is 21.1. The minimum atomic E-state index is -4.73. The fourth-order valence-corrected chi connectivity index (χ4v) is 3.11. The zero-order valence-corrected chi connectivity index (χ0v) is 15.9. The lowest BCUT2D eigenvalue weighted by Gasteiger charge is -2.20. The van der Waals surface area contributed by atoms with E-state index >= 15 is 0 Å². The maximum absolute atomic E-state index is 12.9. The quantitative estimate of drug-likeness (QED) is 0.316. The lowest BCUT2D eigenvalue weighted by molar-refractivity contribution is -0.135. The van der Waals surface area contributed by atoms with E-state index in [1.165, 1.54) is 47.1 Å². The van der Waals surface area contributed by atoms with Gasteiger partial charge in [0.05, 0.1) is 24.9 Å². The smallest absolute Gasteiger partial charge is 0.359 e. The average Bonchev–Trinajstić information content (AvgIpc) is 2.95. The average molecular weight is 406 g/mol. The fraction of sp³-hybridized carbons (Fsp3) is 0.167. The van der Waals surface area contributed by atoms with Crippen LogP contribution in [0.25, 0.3) is 0 Å². The molecule has 1 aliphatic heterocycles. The second-order valence-corrected chi connectivity index (χ2v) is 6.81. The first-order chi connectivity index (χ1) is 13.1. The van der Waals surface area contributed by atoms with E-state index in [4.69, 9.17) is 9.29 Å². The Bertz CT molecular complexity index is 1020. The molecule has 0 spiro atoms. The van der Waals surface area contributed by atoms with Crippen molar-refractivity contribution in [3.63, 3.8) is 0 Å². The molecule has 1 aromatic carbocycles. The van der Waals surface area contributed by atoms with E-state index < -0.39 is 28.1 Å². The van der Waals surface area contributed by atoms with Crippen LogP contribution >= 0.6 is 0 Å². The molecule has 1 aliphatic rings. The molecule has 2 rings (SSSR count). The number of benzene rings is 1. The Morgan fingerprint density at radius 1 is 1.36 bits per heavy atom. The first-order valence-electron chi connectivity index (χ1n) is 7.95. The van der Waals surface area contributed by atoms with Crippen LogP contribution in [0.4, 0.5) is 0 Å². The Balaban J connectivity index is 2.40. The van der Waals surface area contributed by atoms with E-state index in [-0.39, 0.29) is 23.2 Å². The van der Waals surface area contributed by atoms with Crippen molar-refractivity contribution in [2.45, 2.75) is 13.5 Å². The standard InChI is InChI=1S/C18H18N2O7S/c1-4-6-13(18(23)27-3)15(5-2)20-10-12-8-7-11(9-14(12)17(20)22)16(21)19-28(24,25)26/h4-9H,1,10H2,2-3H3,(H,19,21)(H,24,25,26)/b13-6+,15-5+. The SMILES string of the molecule is C=C/C=C(C(=O)OC)\C(=C/C)N1Cc2ccc(C(=O)NS(=O)(=O)O)cc2C1=O. The number of methoxy groups -OCH3 is 1. The third-order valence-corrected chi connectivity index (χ3v) is 4.37. The highest BCUT2D eigenvalue weighted by Gasteiger charge is 2.33. The predicted octanol–water partition coefficient (Wildman–Crippen LogP) is 1.36. The Hall–Kier alpha value is -3.24. The number of nitrogens with one attached hydrogen (secondary N) is 1. The summed E-state index contributed by atoms with van der Waals surface area (Å²) >= 11 is 0. The van der Waals surface area contributed by atoms with E-state index in [1.54, 1.807) is 13.0 Å². The Kier molecular flexibility index (Phi) is 6.16. The first-order valence-corrected chi connectivity index (χ1v) is 9.39. The maximum atomic E-state index is 12.9. The summed E-state index contributed by atoms with van der Waals surface area (Å²) in [6, 6.07) is 4.04. The van der Waals surface area contributed by atoms with E-state index in [0.29, 0.717) is 11.3 Å². The van der Waals surface area contributed by atoms with Crippen molar-refractivity contribution in [1.29, 1.82) is 0 Å². The van der Waals surface area contributed by atoms with Crippen LogP contribution < -0.4 is 4.72 Å². The van der Waals surface area contributed by atoms with Gasteiger partial charge in [-0.05, 0) is 30.7 Å². The number of rotatable bonds is 6. The van der Waals surface area contributed by atoms with Gasteiger partial charge in [0, 0.05) is 11.1 Å². The molecule has 1 heterocycles. The summed E-state index contributed by atoms with van der Waals surface area (Å²) in [4.78, 5) is 38.1. The molecule has 0 fully saturated rings. The number of esters is 1. The molecule has 2 amide bonds. The largest absolute Gasteiger partial charge is 0.465 e. The van der Waals surface area contributed by atoms with Crippen LogP contribution in [0.2, 0.25) is 0 Å². The summed E-state index contributed by atoms with van der Waals surface area (Å²) in [6.07, 6.45) is 4.38. The van der Waals surface area contributed by atoms with E-state index in [9.17, 15) is 22.8 Å². The van der Waals surface area contributed by atoms with Gasteiger partial charge in [0.15, 0.2) is 0 Å². The summed E-state index contributed by atoms with van der Waals surface area (Å²) in [6.45, 7) is 5.34. The van der Waals surface area contributed by atoms with E-state index in [2.05, 4.69) is 6.58 Å². The number of allylic oxidation sites excluding steroid dienone is 3. The molecule has 0 saturated carbocycles. The van der Waals surface area contributed by atoms with E-state index in [0.717, 1.165) is 0 Å². The Morgan fingerprint density at radius 2 is 2.04 bits per heavy atom. The van der Waals surface area contributed by atoms with Crippen molar-refractivity contribution in [2.75, 3.05) is 7.11 Å². The van der Waals surface area contributed by atoms with Gasteiger partial charge in [-0.15, -0.1) is 0 Å². The maximum Gasteiger partial charge on any atom is 0.359 e. The number of hydrogen-bond acceptors (Lipinski definition) is 6. The number of nitrogens with zero attached hydrogens (tertiary/aromatic N) is 1. The molecule has 10 heteroatoms. The van der Waals surface area contributed by atoms with Gasteiger partial charge >= 0.3 is 16.3 Å². The number of hydrogen-bond donors (Lipinski definition) is 2. The van der Waals surface area contributed by atoms with Gasteiger partial charge in [-0.2, -0.15) is 8.42 Å². The minimum absolute atomic E-state index is 0.122. The van der Waals surface area contributed by atoms with Gasteiger partial charge in [0.2, 0.25) is 0 Å². The van der Waals surface area contributed by atoms with Crippen molar-refractivity contribution in [1.82, 2.24) is 9.62 Å². The van der Waals surface area contributed by atoms with E-state index in [1.807, 2.05) is 0 Å². The first kappa shape index (κ1) is 21.1. The van der Waals surface area contributed by atoms with Crippen LogP contribution in [-0.4, -0.2) is 42.8 Å². The normalized spacial score (nSPS) is 14.5. The molecule has 0 radical (unpaired) electrons. The Morgan fingerprint density at radius 3 is 2.57 bits per heavy atom. The molecule has 1 aromatic rings. The molecule has 0 atom stereocenters. The predicted molar refractivity (Wildman–Crippen MR) is 99.4 cm³/mol. The number of fused-ring (bicyclic) bond motifs is 1. The van der Waals surface area contributed by atoms with Crippen LogP contribution in [0.3, 0.4) is 0 Å². The second-order valence-electron chi connectivity index (χ2n) is 5.65. The zero-order valence-electron chi connectivity index (χ0n) is 15.1. The minimum Gasteiger partial charge on any atom is -0.465 e. The summed E-state index contributed by atoms with van der Waals surface area (Å²) in [5.74, 6) is -2.21. The fourth-order valence-electron chi connectivity index (χ4n) is 2.76. The van der Waals surface area contributed by atoms with Gasteiger partial charge < -0.3 is 9.64 Å². The van der Waals surface area contributed by atoms with Gasteiger partial charge in [-0.1, -0.05) is 24.8 Å². The van der Waals surface area contributed by atoms with Crippen LogP contribution in [-0.2, 0) is 26.4 Å². The van der Waals surface area contributed by atoms with Crippen molar-refractivity contribution in [2.24, 2.45) is 0 Å². The molecule has 28 heavy (non-hydrogen) atoms. The highest BCUT2D eigenvalue weighted by Crippen LogP contribution is 2.30. The van der Waals surface area contributed by atoms with Crippen LogP contribution in [0.1, 0.15) is 33.2 Å². The Labute approximate surface area is 161 Å². The third-order valence-electron chi connectivity index (χ3n) is 3.93. The number of carbonyl (C=O) groups excluding carboxylic acids is 3. The summed E-state index contributed by atoms with van der Waals surface area (Å²) in [5, 5.41) is 0. The van der Waals surface area contributed by atoms with Gasteiger partial charge in [0.1, 0.15) is 0 Å². The van der Waals surface area contributed by atoms with Gasteiger partial charge in [0.25, 0.3) is 11.8 Å². The third kappa shape index (κ3) is 4.35. The monoisotopic (exact) mass is 406 g/mol. The second kappa shape index (κ2) is 8.19. The van der Waals surface area contributed by atoms with Gasteiger partial charge in [-0.3, -0.25) is 14.1 Å². The van der Waals surface area contributed by atoms with Gasteiger partial charge in [-0.25, -0.2) is 9.52 Å². The molecule has 2 N–H and O–H groups in total. The topological polar surface area (TPSA) is 130 Å². The lowest BCUT2D eigenvalue weighted by atomic mass is 10.1. The van der Waals surface area contributed by atoms with Crippen molar-refractivity contribution in [3.8, 4) is 0 Å². The molecule has 0 unspecified atom stereocenters. The molecular formula is C18H18N2O7S. The molecule has 0 aliphatic carbocycles. The molecule has 0 aromatic heterocycles. The van der Waals surface area contributed by atoms with Crippen LogP contribution in [0.5, 0.6) is 0 Å². The summed E-state index contributed by atoms with van der Waals surface area (Å²) in [7, 11) is -3.51. The van der Waals surface area contributed by atoms with Crippen LogP contribution in [0.15, 0.2) is 54.3 Å². The lowest BCUT2D eigenvalue weighted by Crippen LogP contribution is -2.30. The number of carbonyl (C=O) groups is 3. The molecule has 0 saturated heterocycles. The molecular weight excluding hydrogens is 388 g/mol. The molecule has 0 bridgehead atoms.